The molecule has 2 aromatic heterocycles. The summed E-state index contributed by atoms with van der Waals surface area (Å²) in [5.74, 6) is 1.79. The average molecular weight is 549 g/mol. The molecular weight excluding hydrogens is 524 g/mol. The molecule has 0 aliphatic carbocycles. The van der Waals surface area contributed by atoms with Crippen LogP contribution in [0.2, 0.25) is 0 Å². The van der Waals surface area contributed by atoms with Crippen LogP contribution in [-0.4, -0.2) is 9.55 Å². The Morgan fingerprint density at radius 1 is 0.442 bits per heavy atom. The fourth-order valence-electron chi connectivity index (χ4n) is 7.22. The lowest BCUT2D eigenvalue weighted by Gasteiger charge is -2.23. The van der Waals surface area contributed by atoms with Gasteiger partial charge in [-0.1, -0.05) is 84.9 Å². The molecule has 3 heterocycles. The minimum Gasteiger partial charge on any atom is -0.456 e. The lowest BCUT2D eigenvalue weighted by Crippen LogP contribution is -1.99. The molecular formula is C40H24N2O. The average Bonchev–Trinajstić information content (AvgIpc) is 3.60. The first-order valence-corrected chi connectivity index (χ1v) is 14.7. The highest BCUT2D eigenvalue weighted by Gasteiger charge is 2.25. The van der Waals surface area contributed by atoms with Crippen molar-refractivity contribution in [2.24, 2.45) is 0 Å². The summed E-state index contributed by atoms with van der Waals surface area (Å²) in [6.07, 6.45) is 0. The summed E-state index contributed by atoms with van der Waals surface area (Å²) >= 11 is 0. The summed E-state index contributed by atoms with van der Waals surface area (Å²) in [5.41, 5.74) is 10.4. The van der Waals surface area contributed by atoms with Crippen LogP contribution in [0, 0.1) is 0 Å². The monoisotopic (exact) mass is 548 g/mol. The molecule has 0 amide bonds. The van der Waals surface area contributed by atoms with Crippen LogP contribution >= 0.6 is 0 Å². The van der Waals surface area contributed by atoms with Crippen molar-refractivity contribution in [1.82, 2.24) is 9.55 Å². The second kappa shape index (κ2) is 8.37. The zero-order valence-electron chi connectivity index (χ0n) is 23.1. The third kappa shape index (κ3) is 3.14. The van der Waals surface area contributed by atoms with Gasteiger partial charge in [0.15, 0.2) is 0 Å². The van der Waals surface area contributed by atoms with Gasteiger partial charge in [0.05, 0.1) is 11.0 Å². The number of hydrogen-bond acceptors (Lipinski definition) is 1. The fourth-order valence-corrected chi connectivity index (χ4v) is 7.22. The fraction of sp³-hybridized carbons (Fsp3) is 0. The summed E-state index contributed by atoms with van der Waals surface area (Å²) in [7, 11) is 0. The number of rotatable bonds is 2. The van der Waals surface area contributed by atoms with E-state index in [-0.39, 0.29) is 0 Å². The molecule has 0 bridgehead atoms. The molecule has 0 radical (unpaired) electrons. The van der Waals surface area contributed by atoms with Gasteiger partial charge in [-0.15, -0.1) is 0 Å². The molecule has 0 saturated heterocycles. The number of H-pyrrole nitrogens is 1. The van der Waals surface area contributed by atoms with Gasteiger partial charge in [0, 0.05) is 55.3 Å². The highest BCUT2D eigenvalue weighted by atomic mass is 16.5. The van der Waals surface area contributed by atoms with Gasteiger partial charge in [0.1, 0.15) is 11.5 Å². The number of aromatic nitrogens is 2. The maximum atomic E-state index is 6.83. The second-order valence-corrected chi connectivity index (χ2v) is 11.4. The molecule has 1 aliphatic rings. The standard InChI is InChI=1S/C40H24N2O/c1-2-9-26(10-3-1)42-35-16-7-5-12-30(35)39-31-14-8-13-29-28-19-17-25(22-37(28)43-38(40(29)31)23-36(39)42)24-18-20-34-32(21-24)27-11-4-6-15-33(27)41-34/h1-23,41H. The minimum absolute atomic E-state index is 0.887. The lowest BCUT2D eigenvalue weighted by molar-refractivity contribution is 0.488. The maximum absolute atomic E-state index is 6.83. The van der Waals surface area contributed by atoms with E-state index in [1.807, 2.05) is 0 Å². The molecule has 9 aromatic rings. The Morgan fingerprint density at radius 2 is 1.19 bits per heavy atom. The van der Waals surface area contributed by atoms with E-state index in [0.717, 1.165) is 44.9 Å². The molecule has 0 fully saturated rings. The predicted molar refractivity (Wildman–Crippen MR) is 179 cm³/mol. The van der Waals surface area contributed by atoms with E-state index in [4.69, 9.17) is 4.74 Å². The smallest absolute Gasteiger partial charge is 0.138 e. The number of ether oxygens (including phenoxy) is 1. The van der Waals surface area contributed by atoms with Crippen molar-refractivity contribution in [3.8, 4) is 39.4 Å². The van der Waals surface area contributed by atoms with Crippen LogP contribution in [0.3, 0.4) is 0 Å². The predicted octanol–water partition coefficient (Wildman–Crippen LogP) is 11.0. The Balaban J connectivity index is 1.20. The molecule has 0 saturated carbocycles. The number of nitrogens with one attached hydrogen (secondary N) is 1. The largest absolute Gasteiger partial charge is 0.456 e. The Kier molecular flexibility index (Phi) is 4.45. The minimum atomic E-state index is 0.887. The van der Waals surface area contributed by atoms with Crippen molar-refractivity contribution in [3.63, 3.8) is 0 Å². The van der Waals surface area contributed by atoms with Crippen LogP contribution in [0.4, 0.5) is 0 Å². The molecule has 200 valence electrons. The van der Waals surface area contributed by atoms with E-state index in [9.17, 15) is 0 Å². The van der Waals surface area contributed by atoms with E-state index >= 15 is 0 Å². The van der Waals surface area contributed by atoms with Crippen molar-refractivity contribution >= 4 is 54.4 Å². The zero-order chi connectivity index (χ0) is 28.1. The highest BCUT2D eigenvalue weighted by Crippen LogP contribution is 2.51. The Labute approximate surface area is 247 Å². The summed E-state index contributed by atoms with van der Waals surface area (Å²) < 4.78 is 9.19. The summed E-state index contributed by atoms with van der Waals surface area (Å²) in [4.78, 5) is 3.54. The molecule has 43 heavy (non-hydrogen) atoms. The van der Waals surface area contributed by atoms with Gasteiger partial charge >= 0.3 is 0 Å². The van der Waals surface area contributed by atoms with Crippen molar-refractivity contribution < 1.29 is 4.74 Å². The summed E-state index contributed by atoms with van der Waals surface area (Å²) in [6, 6.07) is 50.0. The van der Waals surface area contributed by atoms with E-state index in [1.54, 1.807) is 0 Å². The quantitative estimate of drug-likeness (QED) is 0.229. The first-order valence-electron chi connectivity index (χ1n) is 14.7. The normalized spacial score (nSPS) is 12.4. The Hall–Kier alpha value is -5.80. The third-order valence-corrected chi connectivity index (χ3v) is 9.10. The van der Waals surface area contributed by atoms with Crippen LogP contribution in [0.25, 0.3) is 82.3 Å². The van der Waals surface area contributed by atoms with Crippen LogP contribution in [-0.2, 0) is 0 Å². The van der Waals surface area contributed by atoms with Crippen molar-refractivity contribution in [2.45, 2.75) is 0 Å². The highest BCUT2D eigenvalue weighted by molar-refractivity contribution is 6.25. The van der Waals surface area contributed by atoms with Gasteiger partial charge in [0.2, 0.25) is 0 Å². The van der Waals surface area contributed by atoms with E-state index in [2.05, 4.69) is 149 Å². The number of para-hydroxylation sites is 3. The molecule has 1 N–H and O–H groups in total. The molecule has 7 aromatic carbocycles. The maximum Gasteiger partial charge on any atom is 0.138 e. The van der Waals surface area contributed by atoms with Crippen LogP contribution in [0.15, 0.2) is 140 Å². The van der Waals surface area contributed by atoms with Gasteiger partial charge in [-0.3, -0.25) is 0 Å². The van der Waals surface area contributed by atoms with E-state index in [0.29, 0.717) is 0 Å². The van der Waals surface area contributed by atoms with E-state index < -0.39 is 0 Å². The van der Waals surface area contributed by atoms with Crippen LogP contribution in [0.1, 0.15) is 0 Å². The van der Waals surface area contributed by atoms with Gasteiger partial charge in [-0.2, -0.15) is 0 Å². The number of benzene rings is 7. The lowest BCUT2D eigenvalue weighted by atomic mass is 9.91. The van der Waals surface area contributed by atoms with Gasteiger partial charge in [0.25, 0.3) is 0 Å². The molecule has 0 spiro atoms. The number of fused-ring (bicyclic) bond motifs is 9. The molecule has 0 unspecified atom stereocenters. The first kappa shape index (κ1) is 22.8. The molecule has 0 atom stereocenters. The van der Waals surface area contributed by atoms with Gasteiger partial charge in [-0.05, 0) is 70.6 Å². The first-order chi connectivity index (χ1) is 21.3. The molecule has 3 nitrogen and oxygen atoms in total. The molecule has 3 heteroatoms. The van der Waals surface area contributed by atoms with Gasteiger partial charge < -0.3 is 14.3 Å². The zero-order valence-corrected chi connectivity index (χ0v) is 23.1. The van der Waals surface area contributed by atoms with Crippen LogP contribution in [0.5, 0.6) is 11.5 Å². The Morgan fingerprint density at radius 3 is 2.12 bits per heavy atom. The van der Waals surface area contributed by atoms with Gasteiger partial charge in [-0.25, -0.2) is 0 Å². The van der Waals surface area contributed by atoms with Crippen molar-refractivity contribution in [2.75, 3.05) is 0 Å². The Bertz CT molecular complexity index is 2590. The molecule has 1 aliphatic heterocycles. The summed E-state index contributed by atoms with van der Waals surface area (Å²) in [5, 5.41) is 7.38. The molecule has 10 rings (SSSR count). The SMILES string of the molecule is c1ccc(-n2c3ccccc3c3c4cccc5c4c(cc32)Oc2cc(-c3ccc4[nH]c6ccccc6c4c3)ccc2-5)cc1. The number of hydrogen-bond donors (Lipinski definition) is 1. The second-order valence-electron chi connectivity index (χ2n) is 11.4. The van der Waals surface area contributed by atoms with Crippen molar-refractivity contribution in [3.05, 3.63) is 140 Å². The number of aromatic amines is 1. The summed E-state index contributed by atoms with van der Waals surface area (Å²) in [6.45, 7) is 0. The number of nitrogens with zero attached hydrogens (tertiary/aromatic N) is 1. The van der Waals surface area contributed by atoms with Crippen molar-refractivity contribution in [1.29, 1.82) is 0 Å². The topological polar surface area (TPSA) is 29.9 Å². The van der Waals surface area contributed by atoms with Crippen LogP contribution < -0.4 is 4.74 Å². The van der Waals surface area contributed by atoms with E-state index in [1.165, 1.54) is 49.0 Å². The third-order valence-electron chi connectivity index (χ3n) is 9.10.